The molecule has 0 aliphatic rings. The van der Waals surface area contributed by atoms with Gasteiger partial charge in [0.1, 0.15) is 0 Å². The Morgan fingerprint density at radius 3 is 2.40 bits per heavy atom. The van der Waals surface area contributed by atoms with E-state index in [0.717, 1.165) is 4.47 Å². The highest BCUT2D eigenvalue weighted by molar-refractivity contribution is 9.10. The van der Waals surface area contributed by atoms with Gasteiger partial charge in [-0.1, -0.05) is 0 Å². The zero-order chi connectivity index (χ0) is 15.0. The van der Waals surface area contributed by atoms with E-state index in [1.54, 1.807) is 12.1 Å². The van der Waals surface area contributed by atoms with Crippen molar-refractivity contribution in [2.24, 2.45) is 5.73 Å². The zero-order valence-electron chi connectivity index (χ0n) is 11.9. The number of benzene rings is 1. The Balaban J connectivity index is 2.90. The first-order chi connectivity index (χ1) is 9.62. The topological polar surface area (TPSA) is 73.6 Å². The van der Waals surface area contributed by atoms with Crippen molar-refractivity contribution in [2.45, 2.75) is 26.7 Å². The van der Waals surface area contributed by atoms with E-state index in [4.69, 9.17) is 15.2 Å². The Hall–Kier alpha value is -1.27. The van der Waals surface area contributed by atoms with E-state index in [2.05, 4.69) is 21.2 Å². The molecule has 112 valence electrons. The van der Waals surface area contributed by atoms with Gasteiger partial charge in [0.2, 0.25) is 5.91 Å². The van der Waals surface area contributed by atoms with Crippen LogP contribution in [-0.2, 0) is 4.79 Å². The van der Waals surface area contributed by atoms with E-state index in [1.165, 1.54) is 0 Å². The fraction of sp³-hybridized carbons (Fsp3) is 0.500. The van der Waals surface area contributed by atoms with Crippen molar-refractivity contribution in [3.05, 3.63) is 16.6 Å². The van der Waals surface area contributed by atoms with E-state index in [9.17, 15) is 4.79 Å². The molecule has 0 unspecified atom stereocenters. The molecule has 0 aliphatic heterocycles. The number of carbonyl (C=O) groups excluding carboxylic acids is 1. The molecule has 0 atom stereocenters. The summed E-state index contributed by atoms with van der Waals surface area (Å²) in [5.74, 6) is 1.20. The Morgan fingerprint density at radius 1 is 1.25 bits per heavy atom. The van der Waals surface area contributed by atoms with Crippen molar-refractivity contribution in [1.82, 2.24) is 0 Å². The third-order valence-corrected chi connectivity index (χ3v) is 3.17. The van der Waals surface area contributed by atoms with Gasteiger partial charge in [0.05, 0.1) is 18.9 Å². The maximum atomic E-state index is 11.7. The van der Waals surface area contributed by atoms with Crippen LogP contribution in [-0.4, -0.2) is 25.7 Å². The molecule has 0 spiro atoms. The summed E-state index contributed by atoms with van der Waals surface area (Å²) in [5, 5.41) is 2.84. The van der Waals surface area contributed by atoms with Crippen molar-refractivity contribution in [2.75, 3.05) is 25.1 Å². The summed E-state index contributed by atoms with van der Waals surface area (Å²) in [6.45, 7) is 5.39. The van der Waals surface area contributed by atoms with Gasteiger partial charge in [0.15, 0.2) is 11.5 Å². The summed E-state index contributed by atoms with van der Waals surface area (Å²) < 4.78 is 11.8. The van der Waals surface area contributed by atoms with Gasteiger partial charge in [0, 0.05) is 23.0 Å². The van der Waals surface area contributed by atoms with Crippen molar-refractivity contribution >= 4 is 27.5 Å². The smallest absolute Gasteiger partial charge is 0.224 e. The molecule has 3 N–H and O–H groups in total. The number of halogens is 1. The Labute approximate surface area is 127 Å². The first kappa shape index (κ1) is 16.8. The van der Waals surface area contributed by atoms with Gasteiger partial charge in [-0.2, -0.15) is 0 Å². The Kier molecular flexibility index (Phi) is 7.40. The molecule has 0 fully saturated rings. The lowest BCUT2D eigenvalue weighted by atomic mass is 10.2. The molecular weight excluding hydrogens is 324 g/mol. The van der Waals surface area contributed by atoms with Crippen molar-refractivity contribution < 1.29 is 14.3 Å². The Bertz CT molecular complexity index is 452. The summed E-state index contributed by atoms with van der Waals surface area (Å²) in [6.07, 6.45) is 1.07. The predicted molar refractivity (Wildman–Crippen MR) is 83.4 cm³/mol. The second-order valence-electron chi connectivity index (χ2n) is 4.09. The highest BCUT2D eigenvalue weighted by Crippen LogP contribution is 2.36. The van der Waals surface area contributed by atoms with Crippen LogP contribution in [0.4, 0.5) is 5.69 Å². The first-order valence-corrected chi connectivity index (χ1v) is 7.50. The number of ether oxygens (including phenoxy) is 2. The molecule has 0 heterocycles. The number of anilines is 1. The minimum Gasteiger partial charge on any atom is -0.490 e. The van der Waals surface area contributed by atoms with Crippen molar-refractivity contribution in [3.8, 4) is 11.5 Å². The van der Waals surface area contributed by atoms with E-state index in [0.29, 0.717) is 49.8 Å². The largest absolute Gasteiger partial charge is 0.490 e. The maximum absolute atomic E-state index is 11.7. The standard InChI is InChI=1S/C14H21BrN2O3/c1-3-19-12-8-10(15)11(9-13(12)20-4-2)17-14(18)6-5-7-16/h8-9H,3-7,16H2,1-2H3,(H,17,18). The highest BCUT2D eigenvalue weighted by atomic mass is 79.9. The molecule has 1 aromatic rings. The summed E-state index contributed by atoms with van der Waals surface area (Å²) in [6, 6.07) is 3.56. The van der Waals surface area contributed by atoms with Gasteiger partial charge in [-0.15, -0.1) is 0 Å². The fourth-order valence-electron chi connectivity index (χ4n) is 1.64. The van der Waals surface area contributed by atoms with Crippen LogP contribution in [0.15, 0.2) is 16.6 Å². The quantitative estimate of drug-likeness (QED) is 0.760. The van der Waals surface area contributed by atoms with Crippen LogP contribution >= 0.6 is 15.9 Å². The number of hydrogen-bond acceptors (Lipinski definition) is 4. The lowest BCUT2D eigenvalue weighted by Gasteiger charge is -2.14. The minimum absolute atomic E-state index is 0.0669. The van der Waals surface area contributed by atoms with Gasteiger partial charge in [0.25, 0.3) is 0 Å². The number of hydrogen-bond donors (Lipinski definition) is 2. The first-order valence-electron chi connectivity index (χ1n) is 6.71. The van der Waals surface area contributed by atoms with E-state index < -0.39 is 0 Å². The average Bonchev–Trinajstić information content (AvgIpc) is 2.42. The summed E-state index contributed by atoms with van der Waals surface area (Å²) in [7, 11) is 0. The zero-order valence-corrected chi connectivity index (χ0v) is 13.5. The second kappa shape index (κ2) is 8.81. The molecule has 0 saturated heterocycles. The molecule has 1 amide bonds. The predicted octanol–water partition coefficient (Wildman–Crippen LogP) is 2.92. The second-order valence-corrected chi connectivity index (χ2v) is 4.94. The van der Waals surface area contributed by atoms with Crippen LogP contribution in [0.3, 0.4) is 0 Å². The van der Waals surface area contributed by atoms with Gasteiger partial charge in [-0.05, 0) is 42.7 Å². The molecule has 6 heteroatoms. The molecule has 0 aliphatic carbocycles. The SMILES string of the molecule is CCOc1cc(Br)c(NC(=O)CCCN)cc1OCC. The summed E-state index contributed by atoms with van der Waals surface area (Å²) in [4.78, 5) is 11.7. The van der Waals surface area contributed by atoms with E-state index >= 15 is 0 Å². The number of rotatable bonds is 8. The van der Waals surface area contributed by atoms with Crippen molar-refractivity contribution in [1.29, 1.82) is 0 Å². The highest BCUT2D eigenvalue weighted by Gasteiger charge is 2.12. The molecule has 1 rings (SSSR count). The minimum atomic E-state index is -0.0669. The van der Waals surface area contributed by atoms with Gasteiger partial charge >= 0.3 is 0 Å². The maximum Gasteiger partial charge on any atom is 0.224 e. The molecule has 0 bridgehead atoms. The summed E-state index contributed by atoms with van der Waals surface area (Å²) in [5.41, 5.74) is 6.06. The van der Waals surface area contributed by atoms with Crippen LogP contribution in [0.1, 0.15) is 26.7 Å². The van der Waals surface area contributed by atoms with Crippen LogP contribution in [0.5, 0.6) is 11.5 Å². The molecule has 20 heavy (non-hydrogen) atoms. The monoisotopic (exact) mass is 344 g/mol. The summed E-state index contributed by atoms with van der Waals surface area (Å²) >= 11 is 3.42. The fourth-order valence-corrected chi connectivity index (χ4v) is 2.06. The third-order valence-electron chi connectivity index (χ3n) is 2.52. The molecule has 1 aromatic carbocycles. The van der Waals surface area contributed by atoms with Gasteiger partial charge in [-0.25, -0.2) is 0 Å². The normalized spacial score (nSPS) is 10.2. The van der Waals surface area contributed by atoms with E-state index in [-0.39, 0.29) is 5.91 Å². The number of carbonyl (C=O) groups is 1. The molecular formula is C14H21BrN2O3. The number of nitrogens with two attached hydrogens (primary N) is 1. The Morgan fingerprint density at radius 2 is 1.85 bits per heavy atom. The molecule has 0 radical (unpaired) electrons. The van der Waals surface area contributed by atoms with Crippen LogP contribution in [0, 0.1) is 0 Å². The average molecular weight is 345 g/mol. The van der Waals surface area contributed by atoms with E-state index in [1.807, 2.05) is 13.8 Å². The lowest BCUT2D eigenvalue weighted by Crippen LogP contribution is -2.14. The molecule has 5 nitrogen and oxygen atoms in total. The van der Waals surface area contributed by atoms with Crippen molar-refractivity contribution in [3.63, 3.8) is 0 Å². The van der Waals surface area contributed by atoms with Crippen LogP contribution in [0.25, 0.3) is 0 Å². The molecule has 0 saturated carbocycles. The molecule has 0 aromatic heterocycles. The number of nitrogens with one attached hydrogen (secondary N) is 1. The van der Waals surface area contributed by atoms with Gasteiger partial charge < -0.3 is 20.5 Å². The third kappa shape index (κ3) is 5.02. The van der Waals surface area contributed by atoms with Crippen LogP contribution < -0.4 is 20.5 Å². The van der Waals surface area contributed by atoms with Gasteiger partial charge in [-0.3, -0.25) is 4.79 Å². The number of amides is 1. The van der Waals surface area contributed by atoms with Crippen LogP contribution in [0.2, 0.25) is 0 Å². The lowest BCUT2D eigenvalue weighted by molar-refractivity contribution is -0.116.